The van der Waals surface area contributed by atoms with E-state index in [2.05, 4.69) is 20.9 Å². The van der Waals surface area contributed by atoms with E-state index in [1.807, 2.05) is 0 Å². The molecule has 4 aromatic rings. The Kier molecular flexibility index (Phi) is 10.9. The quantitative estimate of drug-likeness (QED) is 0.0978. The highest BCUT2D eigenvalue weighted by Gasteiger charge is 2.25. The number of carbonyl (C=O) groups excluding carboxylic acids is 1. The molecular weight excluding hydrogens is 638 g/mol. The summed E-state index contributed by atoms with van der Waals surface area (Å²) in [6.07, 6.45) is 0. The largest absolute Gasteiger partial charge is 0.480 e. The van der Waals surface area contributed by atoms with Crippen LogP contribution in [0.3, 0.4) is 0 Å². The fourth-order valence-corrected chi connectivity index (χ4v) is 5.84. The zero-order chi connectivity index (χ0) is 34.3. The van der Waals surface area contributed by atoms with Gasteiger partial charge in [-0.15, -0.1) is 0 Å². The van der Waals surface area contributed by atoms with Crippen LogP contribution >= 0.6 is 0 Å². The molecule has 5 N–H and O–H groups in total. The molecule has 1 amide bonds. The van der Waals surface area contributed by atoms with Crippen molar-refractivity contribution in [1.82, 2.24) is 24.8 Å². The number of carboxylic acid groups (broad SMARTS) is 3. The van der Waals surface area contributed by atoms with Gasteiger partial charge in [0.25, 0.3) is 0 Å². The number of anilines is 2. The van der Waals surface area contributed by atoms with Gasteiger partial charge in [-0.2, -0.15) is 0 Å². The van der Waals surface area contributed by atoms with Gasteiger partial charge in [0.1, 0.15) is 11.4 Å². The third-order valence-corrected chi connectivity index (χ3v) is 8.92. The Morgan fingerprint density at radius 2 is 1.49 bits per heavy atom. The van der Waals surface area contributed by atoms with Gasteiger partial charge in [0, 0.05) is 40.3 Å². The molecule has 3 aromatic carbocycles. The zero-order valence-electron chi connectivity index (χ0n) is 25.4. The lowest BCUT2D eigenvalue weighted by Gasteiger charge is -2.28. The van der Waals surface area contributed by atoms with E-state index in [0.29, 0.717) is 16.5 Å². The molecule has 0 saturated heterocycles. The Balaban J connectivity index is 1.40. The summed E-state index contributed by atoms with van der Waals surface area (Å²) in [5.41, 5.74) is 0.651. The summed E-state index contributed by atoms with van der Waals surface area (Å²) in [7, 11) is -1.05. The molecule has 18 heteroatoms. The first-order valence-electron chi connectivity index (χ1n) is 14.1. The molecular formula is C29H33N7O10S. The summed E-state index contributed by atoms with van der Waals surface area (Å²) in [6, 6.07) is 12.9. The van der Waals surface area contributed by atoms with Crippen molar-refractivity contribution in [3.8, 4) is 0 Å². The molecule has 47 heavy (non-hydrogen) atoms. The number of hydrogen-bond donors (Lipinski definition) is 5. The summed E-state index contributed by atoms with van der Waals surface area (Å²) >= 11 is 0. The van der Waals surface area contributed by atoms with E-state index in [9.17, 15) is 42.9 Å². The zero-order valence-corrected chi connectivity index (χ0v) is 26.2. The van der Waals surface area contributed by atoms with Gasteiger partial charge in [-0.3, -0.25) is 19.3 Å². The van der Waals surface area contributed by atoms with Crippen molar-refractivity contribution < 1.29 is 47.5 Å². The number of aromatic carboxylic acids is 1. The minimum absolute atomic E-state index is 0.0353. The van der Waals surface area contributed by atoms with Crippen LogP contribution in [0.4, 0.5) is 11.4 Å². The van der Waals surface area contributed by atoms with Crippen molar-refractivity contribution in [2.24, 2.45) is 0 Å². The second-order valence-corrected chi connectivity index (χ2v) is 12.7. The maximum atomic E-state index is 12.8. The second kappa shape index (κ2) is 14.8. The van der Waals surface area contributed by atoms with Gasteiger partial charge in [-0.25, -0.2) is 22.1 Å². The standard InChI is InChI=1S/C29H33N7O10S/c1-34(2)47(44,45)23-8-7-21(27-28(23)33-46-32-27)30-9-10-31-24(37)15-35(16-25(38)39)11-12-36(17-26(40)41)22-14-19-6-4-3-5-18(19)13-20(22)29(42)43/h3-8,13-14,30H,9-12,15-17H2,1-2H3,(H,31,37)(H,38,39)(H,40,41)(H,42,43). The van der Waals surface area contributed by atoms with Gasteiger partial charge in [0.05, 0.1) is 30.0 Å². The van der Waals surface area contributed by atoms with Crippen LogP contribution in [0.2, 0.25) is 0 Å². The number of carboxylic acids is 3. The highest BCUT2D eigenvalue weighted by atomic mass is 32.2. The molecule has 4 rings (SSSR count). The SMILES string of the molecule is CN(C)S(=O)(=O)c1ccc(NCCNC(=O)CN(CCN(CC(=O)O)c2cc3ccccc3cc2C(=O)O)CC(=O)O)c2nonc12. The lowest BCUT2D eigenvalue weighted by molar-refractivity contribution is -0.139. The number of aromatic nitrogens is 2. The van der Waals surface area contributed by atoms with Crippen molar-refractivity contribution in [2.75, 3.05) is 70.1 Å². The molecule has 0 saturated carbocycles. The van der Waals surface area contributed by atoms with E-state index >= 15 is 0 Å². The van der Waals surface area contributed by atoms with Gasteiger partial charge >= 0.3 is 17.9 Å². The van der Waals surface area contributed by atoms with Gasteiger partial charge < -0.3 is 30.9 Å². The Hall–Kier alpha value is -5.33. The van der Waals surface area contributed by atoms with Gasteiger partial charge in [0.15, 0.2) is 11.0 Å². The minimum atomic E-state index is -3.81. The summed E-state index contributed by atoms with van der Waals surface area (Å²) in [5, 5.41) is 43.4. The predicted octanol–water partition coefficient (Wildman–Crippen LogP) is 0.830. The summed E-state index contributed by atoms with van der Waals surface area (Å²) < 4.78 is 31.0. The van der Waals surface area contributed by atoms with Crippen LogP contribution in [0.1, 0.15) is 10.4 Å². The Bertz CT molecular complexity index is 1910. The monoisotopic (exact) mass is 671 g/mol. The highest BCUT2D eigenvalue weighted by Crippen LogP contribution is 2.29. The first kappa shape index (κ1) is 34.5. The Labute approximate surface area is 268 Å². The third kappa shape index (κ3) is 8.48. The van der Waals surface area contributed by atoms with Crippen LogP contribution in [-0.4, -0.2) is 127 Å². The van der Waals surface area contributed by atoms with Gasteiger partial charge in [-0.05, 0) is 45.4 Å². The van der Waals surface area contributed by atoms with Crippen molar-refractivity contribution >= 4 is 67.0 Å². The maximum absolute atomic E-state index is 12.8. The van der Waals surface area contributed by atoms with E-state index < -0.39 is 46.9 Å². The van der Waals surface area contributed by atoms with E-state index in [-0.39, 0.29) is 59.9 Å². The molecule has 0 radical (unpaired) electrons. The number of carbonyl (C=O) groups is 4. The Morgan fingerprint density at radius 1 is 0.830 bits per heavy atom. The van der Waals surface area contributed by atoms with E-state index in [1.54, 1.807) is 30.3 Å². The molecule has 0 aliphatic rings. The molecule has 0 atom stereocenters. The molecule has 1 aromatic heterocycles. The predicted molar refractivity (Wildman–Crippen MR) is 169 cm³/mol. The van der Waals surface area contributed by atoms with Crippen LogP contribution < -0.4 is 15.5 Å². The van der Waals surface area contributed by atoms with Crippen molar-refractivity contribution in [1.29, 1.82) is 0 Å². The van der Waals surface area contributed by atoms with Gasteiger partial charge in [-0.1, -0.05) is 24.3 Å². The number of benzene rings is 3. The fraction of sp³-hybridized carbons (Fsp3) is 0.310. The number of aliphatic carboxylic acids is 2. The number of hydrogen-bond acceptors (Lipinski definition) is 12. The van der Waals surface area contributed by atoms with Crippen LogP contribution in [0, 0.1) is 0 Å². The van der Waals surface area contributed by atoms with E-state index in [4.69, 9.17) is 4.63 Å². The number of amides is 1. The molecule has 0 aliphatic heterocycles. The number of rotatable bonds is 17. The number of nitrogens with zero attached hydrogens (tertiary/aromatic N) is 5. The first-order valence-corrected chi connectivity index (χ1v) is 15.6. The Morgan fingerprint density at radius 3 is 2.13 bits per heavy atom. The third-order valence-electron chi connectivity index (χ3n) is 7.07. The number of nitrogens with one attached hydrogen (secondary N) is 2. The lowest BCUT2D eigenvalue weighted by Crippen LogP contribution is -2.45. The molecule has 0 bridgehead atoms. The molecule has 0 spiro atoms. The highest BCUT2D eigenvalue weighted by molar-refractivity contribution is 7.89. The molecule has 17 nitrogen and oxygen atoms in total. The fourth-order valence-electron chi connectivity index (χ4n) is 4.83. The maximum Gasteiger partial charge on any atom is 0.337 e. The van der Waals surface area contributed by atoms with Crippen LogP contribution in [-0.2, 0) is 24.4 Å². The van der Waals surface area contributed by atoms with Crippen LogP contribution in [0.5, 0.6) is 0 Å². The summed E-state index contributed by atoms with van der Waals surface area (Å²) in [6.45, 7) is -1.33. The summed E-state index contributed by atoms with van der Waals surface area (Å²) in [4.78, 5) is 50.6. The van der Waals surface area contributed by atoms with Gasteiger partial charge in [0.2, 0.25) is 15.9 Å². The van der Waals surface area contributed by atoms with E-state index in [1.165, 1.54) is 42.1 Å². The minimum Gasteiger partial charge on any atom is -0.480 e. The lowest BCUT2D eigenvalue weighted by atomic mass is 10.0. The molecule has 1 heterocycles. The first-order chi connectivity index (χ1) is 22.3. The summed E-state index contributed by atoms with van der Waals surface area (Å²) in [5.74, 6) is -4.22. The topological polar surface area (TPSA) is 236 Å². The van der Waals surface area contributed by atoms with Crippen molar-refractivity contribution in [3.63, 3.8) is 0 Å². The molecule has 0 aliphatic carbocycles. The second-order valence-electron chi connectivity index (χ2n) is 10.6. The van der Waals surface area contributed by atoms with Crippen molar-refractivity contribution in [2.45, 2.75) is 4.90 Å². The normalized spacial score (nSPS) is 11.7. The average molecular weight is 672 g/mol. The molecule has 250 valence electrons. The smallest absolute Gasteiger partial charge is 0.337 e. The molecule has 0 fully saturated rings. The van der Waals surface area contributed by atoms with Crippen molar-refractivity contribution in [3.05, 3.63) is 54.1 Å². The molecule has 0 unspecified atom stereocenters. The van der Waals surface area contributed by atoms with Crippen LogP contribution in [0.25, 0.3) is 21.8 Å². The van der Waals surface area contributed by atoms with Crippen LogP contribution in [0.15, 0.2) is 58.1 Å². The average Bonchev–Trinajstić information content (AvgIpc) is 3.50. The van der Waals surface area contributed by atoms with E-state index in [0.717, 1.165) is 4.31 Å². The number of fused-ring (bicyclic) bond motifs is 2. The number of sulfonamides is 1.